The van der Waals surface area contributed by atoms with E-state index < -0.39 is 22.1 Å². The molecule has 0 radical (unpaired) electrons. The summed E-state index contributed by atoms with van der Waals surface area (Å²) in [4.78, 5) is 21.0. The molecule has 0 unspecified atom stereocenters. The molecule has 0 heterocycles. The second kappa shape index (κ2) is 6.02. The zero-order valence-electron chi connectivity index (χ0n) is 9.42. The molecule has 96 valence electrons. The number of carboxylic acids is 1. The van der Waals surface area contributed by atoms with E-state index in [9.17, 15) is 14.9 Å². The van der Waals surface area contributed by atoms with Crippen LogP contribution in [0.3, 0.4) is 0 Å². The number of nitrogens with zero attached hydrogens (tertiary/aromatic N) is 1. The minimum absolute atomic E-state index is 0.0605. The lowest BCUT2D eigenvalue weighted by molar-refractivity contribution is -0.385. The van der Waals surface area contributed by atoms with Gasteiger partial charge in [-0.15, -0.1) is 0 Å². The van der Waals surface area contributed by atoms with Crippen LogP contribution < -0.4 is 4.74 Å². The minimum Gasteiger partial charge on any atom is -0.488 e. The first kappa shape index (κ1) is 14.0. The van der Waals surface area contributed by atoms with E-state index in [1.165, 1.54) is 17.7 Å². The monoisotopic (exact) mass is 271 g/mol. The van der Waals surface area contributed by atoms with E-state index in [0.29, 0.717) is 5.57 Å². The van der Waals surface area contributed by atoms with E-state index in [2.05, 4.69) is 0 Å². The highest BCUT2D eigenvalue weighted by molar-refractivity contribution is 6.25. The molecule has 0 aliphatic carbocycles. The number of halogens is 1. The van der Waals surface area contributed by atoms with Crippen molar-refractivity contribution in [2.45, 2.75) is 6.92 Å². The summed E-state index contributed by atoms with van der Waals surface area (Å²) in [7, 11) is 0. The predicted molar refractivity (Wildman–Crippen MR) is 65.2 cm³/mol. The van der Waals surface area contributed by atoms with Crippen molar-refractivity contribution in [1.82, 2.24) is 0 Å². The van der Waals surface area contributed by atoms with Crippen molar-refractivity contribution >= 4 is 23.3 Å². The van der Waals surface area contributed by atoms with Gasteiger partial charge in [0.15, 0.2) is 5.56 Å². The summed E-state index contributed by atoms with van der Waals surface area (Å²) in [6.07, 6.45) is 0. The molecule has 0 saturated heterocycles. The first-order valence-corrected chi connectivity index (χ1v) is 5.30. The molecule has 0 atom stereocenters. The normalized spacial score (nSPS) is 11.1. The molecule has 0 fully saturated rings. The predicted octanol–water partition coefficient (Wildman–Crippen LogP) is 2.81. The third-order valence-corrected chi connectivity index (χ3v) is 2.43. The molecular weight excluding hydrogens is 262 g/mol. The Hall–Kier alpha value is -2.08. The molecule has 1 N–H and O–H groups in total. The molecule has 0 saturated carbocycles. The maximum atomic E-state index is 11.0. The Kier molecular flexibility index (Phi) is 4.67. The van der Waals surface area contributed by atoms with Gasteiger partial charge >= 0.3 is 5.97 Å². The largest absolute Gasteiger partial charge is 0.488 e. The summed E-state index contributed by atoms with van der Waals surface area (Å²) >= 11 is 5.44. The van der Waals surface area contributed by atoms with E-state index in [1.807, 2.05) is 0 Å². The van der Waals surface area contributed by atoms with Crippen molar-refractivity contribution in [1.29, 1.82) is 0 Å². The molecule has 0 amide bonds. The molecule has 18 heavy (non-hydrogen) atoms. The van der Waals surface area contributed by atoms with Gasteiger partial charge in [0.05, 0.1) is 4.92 Å². The van der Waals surface area contributed by atoms with Crippen LogP contribution in [0.5, 0.6) is 5.75 Å². The lowest BCUT2D eigenvalue weighted by Crippen LogP contribution is -2.08. The maximum Gasteiger partial charge on any atom is 0.346 e. The smallest absolute Gasteiger partial charge is 0.346 e. The molecule has 0 bridgehead atoms. The Bertz CT molecular complexity index is 512. The first-order chi connectivity index (χ1) is 8.47. The van der Waals surface area contributed by atoms with Gasteiger partial charge in [-0.1, -0.05) is 17.7 Å². The molecule has 1 aromatic rings. The zero-order chi connectivity index (χ0) is 13.7. The molecule has 0 aliphatic heterocycles. The number of aromatic carboxylic acids is 1. The molecular formula is C11H10ClNO5. The Balaban J connectivity index is 3.15. The summed E-state index contributed by atoms with van der Waals surface area (Å²) in [5, 5.41) is 19.7. The van der Waals surface area contributed by atoms with Crippen molar-refractivity contribution in [3.63, 3.8) is 0 Å². The number of nitro groups is 1. The number of ether oxygens (including phenoxy) is 1. The number of hydrogen-bond acceptors (Lipinski definition) is 4. The van der Waals surface area contributed by atoms with Crippen LogP contribution in [0.1, 0.15) is 17.3 Å². The molecule has 6 nitrogen and oxygen atoms in total. The van der Waals surface area contributed by atoms with Gasteiger partial charge < -0.3 is 9.84 Å². The van der Waals surface area contributed by atoms with Crippen LogP contribution in [0.4, 0.5) is 5.69 Å². The standard InChI is InChI=1S/C11H10ClNO5/c1-7(5-12)6-18-9-4-2-3-8(13(16)17)10(9)11(14)15/h2-5H,6H2,1H3,(H,14,15)/b7-5-. The third kappa shape index (κ3) is 3.21. The van der Waals surface area contributed by atoms with E-state index in [0.717, 1.165) is 6.07 Å². The van der Waals surface area contributed by atoms with E-state index in [4.69, 9.17) is 21.4 Å². The van der Waals surface area contributed by atoms with Gasteiger partial charge in [-0.2, -0.15) is 0 Å². The topological polar surface area (TPSA) is 89.7 Å². The van der Waals surface area contributed by atoms with Crippen LogP contribution in [0.15, 0.2) is 29.3 Å². The summed E-state index contributed by atoms with van der Waals surface area (Å²) < 4.78 is 5.20. The van der Waals surface area contributed by atoms with Crippen molar-refractivity contribution < 1.29 is 19.6 Å². The van der Waals surface area contributed by atoms with Crippen molar-refractivity contribution in [2.75, 3.05) is 6.61 Å². The number of hydrogen-bond donors (Lipinski definition) is 1. The number of carbonyl (C=O) groups is 1. The van der Waals surface area contributed by atoms with Crippen LogP contribution in [-0.4, -0.2) is 22.6 Å². The van der Waals surface area contributed by atoms with Gasteiger partial charge in [0.1, 0.15) is 12.4 Å². The highest BCUT2D eigenvalue weighted by Gasteiger charge is 2.24. The molecule has 7 heteroatoms. The fourth-order valence-electron chi connectivity index (χ4n) is 1.23. The van der Waals surface area contributed by atoms with Gasteiger partial charge in [-0.3, -0.25) is 10.1 Å². The van der Waals surface area contributed by atoms with Gasteiger partial charge in [0, 0.05) is 11.6 Å². The number of nitro benzene ring substituents is 1. The second-order valence-electron chi connectivity index (χ2n) is 3.46. The fourth-order valence-corrected chi connectivity index (χ4v) is 1.29. The molecule has 1 aromatic carbocycles. The van der Waals surface area contributed by atoms with Crippen LogP contribution in [0.2, 0.25) is 0 Å². The Morgan fingerprint density at radius 2 is 2.28 bits per heavy atom. The summed E-state index contributed by atoms with van der Waals surface area (Å²) in [6, 6.07) is 3.83. The fraction of sp³-hybridized carbons (Fsp3) is 0.182. The Morgan fingerprint density at radius 3 is 2.78 bits per heavy atom. The van der Waals surface area contributed by atoms with Crippen LogP contribution in [0.25, 0.3) is 0 Å². The number of benzene rings is 1. The van der Waals surface area contributed by atoms with E-state index in [1.54, 1.807) is 6.92 Å². The molecule has 0 aliphatic rings. The maximum absolute atomic E-state index is 11.0. The second-order valence-corrected chi connectivity index (χ2v) is 3.67. The van der Waals surface area contributed by atoms with Crippen LogP contribution in [-0.2, 0) is 0 Å². The highest BCUT2D eigenvalue weighted by Crippen LogP contribution is 2.28. The average Bonchev–Trinajstić information content (AvgIpc) is 2.34. The molecule has 0 aromatic heterocycles. The van der Waals surface area contributed by atoms with E-state index in [-0.39, 0.29) is 12.4 Å². The lowest BCUT2D eigenvalue weighted by Gasteiger charge is -2.09. The summed E-state index contributed by atoms with van der Waals surface area (Å²) in [6.45, 7) is 1.75. The van der Waals surface area contributed by atoms with Crippen molar-refractivity contribution in [3.8, 4) is 5.75 Å². The highest BCUT2D eigenvalue weighted by atomic mass is 35.5. The first-order valence-electron chi connectivity index (χ1n) is 4.86. The van der Waals surface area contributed by atoms with Gasteiger partial charge in [0.2, 0.25) is 0 Å². The van der Waals surface area contributed by atoms with Gasteiger partial charge in [-0.25, -0.2) is 4.79 Å². The summed E-state index contributed by atoms with van der Waals surface area (Å²) in [5.74, 6) is -1.47. The van der Waals surface area contributed by atoms with Crippen LogP contribution >= 0.6 is 11.6 Å². The Labute approximate surface area is 108 Å². The summed E-state index contributed by atoms with van der Waals surface area (Å²) in [5.41, 5.74) is 0.981. The lowest BCUT2D eigenvalue weighted by atomic mass is 10.1. The van der Waals surface area contributed by atoms with Crippen LogP contribution in [0, 0.1) is 10.1 Å². The SMILES string of the molecule is C/C(=C/Cl)COc1cccc([N+](=O)[O-])c1C(=O)O. The third-order valence-electron chi connectivity index (χ3n) is 2.06. The average molecular weight is 272 g/mol. The van der Waals surface area contributed by atoms with Crippen molar-refractivity contribution in [3.05, 3.63) is 45.0 Å². The van der Waals surface area contributed by atoms with Gasteiger partial charge in [-0.05, 0) is 18.6 Å². The Morgan fingerprint density at radius 1 is 1.61 bits per heavy atom. The van der Waals surface area contributed by atoms with Gasteiger partial charge in [0.25, 0.3) is 5.69 Å². The zero-order valence-corrected chi connectivity index (χ0v) is 10.2. The minimum atomic E-state index is -1.41. The number of rotatable bonds is 5. The molecule has 1 rings (SSSR count). The molecule has 0 spiro atoms. The quantitative estimate of drug-likeness (QED) is 0.657. The van der Waals surface area contributed by atoms with E-state index >= 15 is 0 Å². The number of carboxylic acid groups (broad SMARTS) is 1. The van der Waals surface area contributed by atoms with Crippen molar-refractivity contribution in [2.24, 2.45) is 0 Å².